The molecule has 0 atom stereocenters. The van der Waals surface area contributed by atoms with Gasteiger partial charge in [-0.2, -0.15) is 0 Å². The fourth-order valence-corrected chi connectivity index (χ4v) is 4.26. The zero-order valence-electron chi connectivity index (χ0n) is 19.3. The summed E-state index contributed by atoms with van der Waals surface area (Å²) in [5.74, 6) is 1.34. The SMILES string of the molecule is COc1cc(C(=O)/C(=C/c2c[nH]c3ccccc23)c2nc3ccc(Cl)cc3[nH]2)cc(OC)c1OC. The molecule has 7 nitrogen and oxygen atoms in total. The molecular formula is C27H22ClN3O4. The van der Waals surface area contributed by atoms with Crippen molar-refractivity contribution in [2.24, 2.45) is 0 Å². The minimum Gasteiger partial charge on any atom is -0.493 e. The molecule has 2 N–H and O–H groups in total. The fraction of sp³-hybridized carbons (Fsp3) is 0.111. The Morgan fingerprint density at radius 3 is 2.40 bits per heavy atom. The van der Waals surface area contributed by atoms with Crippen molar-refractivity contribution >= 4 is 51.0 Å². The molecule has 5 rings (SSSR count). The third-order valence-electron chi connectivity index (χ3n) is 5.79. The number of imidazole rings is 1. The molecule has 2 aromatic heterocycles. The van der Waals surface area contributed by atoms with Gasteiger partial charge in [0, 0.05) is 33.2 Å². The lowest BCUT2D eigenvalue weighted by Crippen LogP contribution is -2.06. The first-order chi connectivity index (χ1) is 17.0. The maximum absolute atomic E-state index is 14.0. The normalized spacial score (nSPS) is 11.7. The van der Waals surface area contributed by atoms with Crippen molar-refractivity contribution in [1.82, 2.24) is 15.0 Å². The van der Waals surface area contributed by atoms with Gasteiger partial charge in [-0.05, 0) is 42.5 Å². The average molecular weight is 488 g/mol. The molecule has 0 saturated heterocycles. The number of aromatic nitrogens is 3. The van der Waals surface area contributed by atoms with Crippen LogP contribution in [-0.2, 0) is 0 Å². The molecule has 0 aliphatic carbocycles. The van der Waals surface area contributed by atoms with E-state index in [0.717, 1.165) is 22.0 Å². The van der Waals surface area contributed by atoms with Crippen molar-refractivity contribution in [3.8, 4) is 17.2 Å². The summed E-state index contributed by atoms with van der Waals surface area (Å²) in [5, 5.41) is 1.56. The number of halogens is 1. The lowest BCUT2D eigenvalue weighted by atomic mass is 9.99. The maximum atomic E-state index is 14.0. The Balaban J connectivity index is 1.71. The molecule has 0 saturated carbocycles. The smallest absolute Gasteiger partial charge is 0.203 e. The molecule has 176 valence electrons. The van der Waals surface area contributed by atoms with Gasteiger partial charge in [-0.15, -0.1) is 0 Å². The van der Waals surface area contributed by atoms with Crippen LogP contribution in [0.1, 0.15) is 21.7 Å². The van der Waals surface area contributed by atoms with Gasteiger partial charge in [0.05, 0.1) is 37.9 Å². The maximum Gasteiger partial charge on any atom is 0.203 e. The first kappa shape index (κ1) is 22.6. The number of ketones is 1. The molecule has 0 aliphatic heterocycles. The van der Waals surface area contributed by atoms with Crippen LogP contribution in [0.15, 0.2) is 60.8 Å². The topological polar surface area (TPSA) is 89.2 Å². The van der Waals surface area contributed by atoms with Crippen LogP contribution in [0.3, 0.4) is 0 Å². The number of ether oxygens (including phenoxy) is 3. The number of methoxy groups -OCH3 is 3. The Morgan fingerprint density at radius 2 is 1.69 bits per heavy atom. The number of hydrogen-bond donors (Lipinski definition) is 2. The second-order valence-corrected chi connectivity index (χ2v) is 8.27. The minimum absolute atomic E-state index is 0.264. The number of carbonyl (C=O) groups is 1. The highest BCUT2D eigenvalue weighted by Crippen LogP contribution is 2.39. The van der Waals surface area contributed by atoms with E-state index in [2.05, 4.69) is 15.0 Å². The molecular weight excluding hydrogens is 466 g/mol. The van der Waals surface area contributed by atoms with Gasteiger partial charge in [0.15, 0.2) is 17.3 Å². The molecule has 0 radical (unpaired) electrons. The van der Waals surface area contributed by atoms with Gasteiger partial charge in [-0.25, -0.2) is 4.98 Å². The second kappa shape index (κ2) is 9.19. The fourth-order valence-electron chi connectivity index (χ4n) is 4.09. The van der Waals surface area contributed by atoms with E-state index in [0.29, 0.717) is 44.7 Å². The molecule has 0 bridgehead atoms. The number of H-pyrrole nitrogens is 2. The Bertz CT molecular complexity index is 1570. The highest BCUT2D eigenvalue weighted by atomic mass is 35.5. The van der Waals surface area contributed by atoms with Gasteiger partial charge in [0.25, 0.3) is 0 Å². The molecule has 35 heavy (non-hydrogen) atoms. The number of para-hydroxylation sites is 1. The number of nitrogens with zero attached hydrogens (tertiary/aromatic N) is 1. The Kier molecular flexibility index (Phi) is 5.93. The Morgan fingerprint density at radius 1 is 0.943 bits per heavy atom. The molecule has 5 aromatic rings. The number of Topliss-reactive ketones (excluding diaryl/α,β-unsaturated/α-hetero) is 1. The molecule has 2 heterocycles. The molecule has 0 aliphatic rings. The zero-order valence-corrected chi connectivity index (χ0v) is 20.1. The van der Waals surface area contributed by atoms with Crippen LogP contribution in [0, 0.1) is 0 Å². The number of carbonyl (C=O) groups excluding carboxylic acids is 1. The number of benzene rings is 3. The van der Waals surface area contributed by atoms with Crippen molar-refractivity contribution in [1.29, 1.82) is 0 Å². The van der Waals surface area contributed by atoms with Gasteiger partial charge < -0.3 is 24.2 Å². The van der Waals surface area contributed by atoms with Gasteiger partial charge in [-0.1, -0.05) is 29.8 Å². The van der Waals surface area contributed by atoms with Crippen LogP contribution in [0.4, 0.5) is 0 Å². The van der Waals surface area contributed by atoms with Gasteiger partial charge in [0.2, 0.25) is 5.75 Å². The summed E-state index contributed by atoms with van der Waals surface area (Å²) in [6.45, 7) is 0. The van der Waals surface area contributed by atoms with Crippen molar-refractivity contribution in [3.05, 3.63) is 82.8 Å². The lowest BCUT2D eigenvalue weighted by Gasteiger charge is -2.14. The third kappa shape index (κ3) is 4.11. The predicted octanol–water partition coefficient (Wildman–Crippen LogP) is 6.15. The van der Waals surface area contributed by atoms with Crippen molar-refractivity contribution in [2.45, 2.75) is 0 Å². The number of aromatic amines is 2. The van der Waals surface area contributed by atoms with Crippen LogP contribution in [0.2, 0.25) is 5.02 Å². The third-order valence-corrected chi connectivity index (χ3v) is 6.03. The molecule has 0 fully saturated rings. The van der Waals surface area contributed by atoms with E-state index in [4.69, 9.17) is 25.8 Å². The molecule has 0 amide bonds. The van der Waals surface area contributed by atoms with E-state index >= 15 is 0 Å². The molecule has 0 spiro atoms. The summed E-state index contributed by atoms with van der Waals surface area (Å²) in [5.41, 5.74) is 3.99. The van der Waals surface area contributed by atoms with E-state index < -0.39 is 0 Å². The molecule has 8 heteroatoms. The van der Waals surface area contributed by atoms with Crippen LogP contribution >= 0.6 is 11.6 Å². The number of hydrogen-bond acceptors (Lipinski definition) is 5. The van der Waals surface area contributed by atoms with E-state index in [1.54, 1.807) is 24.3 Å². The predicted molar refractivity (Wildman–Crippen MR) is 138 cm³/mol. The van der Waals surface area contributed by atoms with Crippen molar-refractivity contribution in [2.75, 3.05) is 21.3 Å². The number of allylic oxidation sites excluding steroid dienone is 1. The first-order valence-corrected chi connectivity index (χ1v) is 11.2. The summed E-state index contributed by atoms with van der Waals surface area (Å²) in [6, 6.07) is 16.5. The van der Waals surface area contributed by atoms with Crippen molar-refractivity contribution in [3.63, 3.8) is 0 Å². The summed E-state index contributed by atoms with van der Waals surface area (Å²) < 4.78 is 16.3. The van der Waals surface area contributed by atoms with E-state index in [1.807, 2.05) is 42.6 Å². The minimum atomic E-state index is -0.264. The monoisotopic (exact) mass is 487 g/mol. The van der Waals surface area contributed by atoms with Crippen LogP contribution < -0.4 is 14.2 Å². The quantitative estimate of drug-likeness (QED) is 0.212. The first-order valence-electron chi connectivity index (χ1n) is 10.8. The van der Waals surface area contributed by atoms with Gasteiger partial charge in [0.1, 0.15) is 5.82 Å². The van der Waals surface area contributed by atoms with E-state index in [9.17, 15) is 4.79 Å². The van der Waals surface area contributed by atoms with E-state index in [-0.39, 0.29) is 5.78 Å². The van der Waals surface area contributed by atoms with Crippen LogP contribution in [0.5, 0.6) is 17.2 Å². The molecule has 3 aromatic carbocycles. The average Bonchev–Trinajstić information content (AvgIpc) is 3.49. The Hall–Kier alpha value is -4.23. The van der Waals surface area contributed by atoms with E-state index in [1.165, 1.54) is 21.3 Å². The Labute approximate surface area is 206 Å². The molecule has 0 unspecified atom stereocenters. The summed E-state index contributed by atoms with van der Waals surface area (Å²) in [4.78, 5) is 25.1. The number of rotatable bonds is 7. The van der Waals surface area contributed by atoms with Crippen LogP contribution in [-0.4, -0.2) is 42.1 Å². The highest BCUT2D eigenvalue weighted by Gasteiger charge is 2.23. The highest BCUT2D eigenvalue weighted by molar-refractivity contribution is 6.33. The standard InChI is InChI=1S/C27H22ClN3O4/c1-33-23-11-15(12-24(34-2)26(23)35-3)25(32)19(10-16-14-29-20-7-5-4-6-18(16)20)27-30-21-9-8-17(28)13-22(21)31-27/h4-14,29H,1-3H3,(H,30,31)/b19-10-. The lowest BCUT2D eigenvalue weighted by molar-refractivity contribution is 0.105. The number of nitrogens with one attached hydrogen (secondary N) is 2. The number of fused-ring (bicyclic) bond motifs is 2. The largest absolute Gasteiger partial charge is 0.493 e. The summed E-state index contributed by atoms with van der Waals surface area (Å²) in [6.07, 6.45) is 3.69. The van der Waals surface area contributed by atoms with Gasteiger partial charge >= 0.3 is 0 Å². The van der Waals surface area contributed by atoms with Crippen molar-refractivity contribution < 1.29 is 19.0 Å². The summed E-state index contributed by atoms with van der Waals surface area (Å²) in [7, 11) is 4.54. The van der Waals surface area contributed by atoms with Crippen LogP contribution in [0.25, 0.3) is 33.6 Å². The summed E-state index contributed by atoms with van der Waals surface area (Å²) >= 11 is 6.17. The second-order valence-electron chi connectivity index (χ2n) is 7.84. The van der Waals surface area contributed by atoms with Gasteiger partial charge in [-0.3, -0.25) is 4.79 Å². The zero-order chi connectivity index (χ0) is 24.5.